The number of hydrogen-bond donors (Lipinski definition) is 1. The van der Waals surface area contributed by atoms with Gasteiger partial charge in [0.15, 0.2) is 6.61 Å². The van der Waals surface area contributed by atoms with E-state index in [-0.39, 0.29) is 12.5 Å². The highest BCUT2D eigenvalue weighted by atomic mass is 16.5. The van der Waals surface area contributed by atoms with Crippen LogP contribution >= 0.6 is 0 Å². The van der Waals surface area contributed by atoms with Crippen molar-refractivity contribution in [3.8, 4) is 11.8 Å². The van der Waals surface area contributed by atoms with Gasteiger partial charge in [-0.25, -0.2) is 4.68 Å². The topological polar surface area (TPSA) is 92.8 Å². The minimum absolute atomic E-state index is 0.203. The van der Waals surface area contributed by atoms with Crippen LogP contribution in [0, 0.1) is 11.3 Å². The van der Waals surface area contributed by atoms with Crippen LogP contribution in [0.3, 0.4) is 0 Å². The monoisotopic (exact) mass is 257 g/mol. The van der Waals surface area contributed by atoms with Crippen LogP contribution in [-0.2, 0) is 11.8 Å². The Kier molecular flexibility index (Phi) is 3.73. The van der Waals surface area contributed by atoms with Gasteiger partial charge in [0.1, 0.15) is 18.1 Å². The number of para-hydroxylation sites is 1. The van der Waals surface area contributed by atoms with E-state index in [1.165, 1.54) is 11.0 Å². The Morgan fingerprint density at radius 2 is 2.32 bits per heavy atom. The summed E-state index contributed by atoms with van der Waals surface area (Å²) in [6, 6.07) is 8.70. The zero-order valence-corrected chi connectivity index (χ0v) is 10.2. The van der Waals surface area contributed by atoms with Crippen molar-refractivity contribution in [3.05, 3.63) is 36.2 Å². The molecule has 7 nitrogen and oxygen atoms in total. The first-order valence-corrected chi connectivity index (χ1v) is 5.46. The molecule has 0 saturated heterocycles. The van der Waals surface area contributed by atoms with Crippen molar-refractivity contribution in [1.82, 2.24) is 14.8 Å². The first-order valence-electron chi connectivity index (χ1n) is 5.46. The molecule has 0 bridgehead atoms. The minimum atomic E-state index is -0.371. The van der Waals surface area contributed by atoms with Gasteiger partial charge in [-0.2, -0.15) is 15.3 Å². The molecule has 0 atom stereocenters. The fourth-order valence-corrected chi connectivity index (χ4v) is 1.40. The van der Waals surface area contributed by atoms with E-state index in [0.717, 1.165) is 0 Å². The fourth-order valence-electron chi connectivity index (χ4n) is 1.40. The number of anilines is 1. The van der Waals surface area contributed by atoms with Crippen molar-refractivity contribution >= 4 is 11.9 Å². The molecule has 1 aromatic heterocycles. The van der Waals surface area contributed by atoms with Crippen LogP contribution in [0.15, 0.2) is 30.6 Å². The molecule has 2 aromatic rings. The van der Waals surface area contributed by atoms with E-state index in [2.05, 4.69) is 15.4 Å². The average Bonchev–Trinajstić information content (AvgIpc) is 2.82. The number of nitrogens with zero attached hydrogens (tertiary/aromatic N) is 4. The number of nitriles is 1. The van der Waals surface area contributed by atoms with Gasteiger partial charge in [0.05, 0.1) is 5.56 Å². The van der Waals surface area contributed by atoms with Gasteiger partial charge < -0.3 is 4.74 Å². The number of amides is 1. The van der Waals surface area contributed by atoms with Crippen LogP contribution in [0.4, 0.5) is 5.95 Å². The largest absolute Gasteiger partial charge is 0.482 e. The maximum Gasteiger partial charge on any atom is 0.264 e. The molecule has 19 heavy (non-hydrogen) atoms. The van der Waals surface area contributed by atoms with E-state index >= 15 is 0 Å². The molecule has 0 aliphatic heterocycles. The van der Waals surface area contributed by atoms with Crippen molar-refractivity contribution in [2.24, 2.45) is 7.05 Å². The van der Waals surface area contributed by atoms with E-state index < -0.39 is 0 Å². The fraction of sp³-hybridized carbons (Fsp3) is 0.167. The average molecular weight is 257 g/mol. The lowest BCUT2D eigenvalue weighted by molar-refractivity contribution is -0.118. The summed E-state index contributed by atoms with van der Waals surface area (Å²) in [6.07, 6.45) is 1.33. The number of hydrogen-bond acceptors (Lipinski definition) is 5. The molecule has 1 N–H and O–H groups in total. The molecule has 0 aliphatic rings. The quantitative estimate of drug-likeness (QED) is 0.870. The Labute approximate surface area is 109 Å². The van der Waals surface area contributed by atoms with Crippen LogP contribution in [0.2, 0.25) is 0 Å². The van der Waals surface area contributed by atoms with Gasteiger partial charge >= 0.3 is 0 Å². The zero-order chi connectivity index (χ0) is 13.7. The van der Waals surface area contributed by atoms with Crippen LogP contribution < -0.4 is 10.1 Å². The number of benzene rings is 1. The lowest BCUT2D eigenvalue weighted by Gasteiger charge is -2.07. The third kappa shape index (κ3) is 3.07. The molecule has 0 spiro atoms. The zero-order valence-electron chi connectivity index (χ0n) is 10.2. The first kappa shape index (κ1) is 12.6. The van der Waals surface area contributed by atoms with Crippen LogP contribution in [0.1, 0.15) is 5.56 Å². The number of aryl methyl sites for hydroxylation is 1. The molecule has 1 heterocycles. The van der Waals surface area contributed by atoms with Crippen molar-refractivity contribution in [2.75, 3.05) is 11.9 Å². The molecule has 0 radical (unpaired) electrons. The number of carbonyl (C=O) groups is 1. The van der Waals surface area contributed by atoms with E-state index in [0.29, 0.717) is 17.3 Å². The predicted octanol–water partition coefficient (Wildman–Crippen LogP) is 0.704. The number of rotatable bonds is 4. The summed E-state index contributed by atoms with van der Waals surface area (Å²) in [5, 5.41) is 15.2. The third-order valence-corrected chi connectivity index (χ3v) is 2.33. The van der Waals surface area contributed by atoms with E-state index in [1.54, 1.807) is 31.3 Å². The summed E-state index contributed by atoms with van der Waals surface area (Å²) in [5.41, 5.74) is 0.383. The van der Waals surface area contributed by atoms with Gasteiger partial charge in [-0.05, 0) is 12.1 Å². The van der Waals surface area contributed by atoms with Crippen molar-refractivity contribution in [1.29, 1.82) is 5.26 Å². The van der Waals surface area contributed by atoms with Crippen molar-refractivity contribution in [2.45, 2.75) is 0 Å². The lowest BCUT2D eigenvalue weighted by atomic mass is 10.2. The summed E-state index contributed by atoms with van der Waals surface area (Å²) in [4.78, 5) is 15.5. The van der Waals surface area contributed by atoms with Crippen LogP contribution in [0.5, 0.6) is 5.75 Å². The second-order valence-electron chi connectivity index (χ2n) is 3.65. The smallest absolute Gasteiger partial charge is 0.264 e. The van der Waals surface area contributed by atoms with E-state index in [4.69, 9.17) is 10.00 Å². The maximum absolute atomic E-state index is 11.6. The summed E-state index contributed by atoms with van der Waals surface area (Å²) in [6.45, 7) is -0.203. The summed E-state index contributed by atoms with van der Waals surface area (Å²) in [5.74, 6) is 0.337. The second-order valence-corrected chi connectivity index (χ2v) is 3.65. The third-order valence-electron chi connectivity index (χ3n) is 2.33. The Morgan fingerprint density at radius 3 is 3.00 bits per heavy atom. The molecule has 1 aromatic carbocycles. The van der Waals surface area contributed by atoms with Crippen LogP contribution in [0.25, 0.3) is 0 Å². The highest BCUT2D eigenvalue weighted by Gasteiger charge is 2.09. The Hall–Kier alpha value is -2.88. The summed E-state index contributed by atoms with van der Waals surface area (Å²) in [7, 11) is 1.66. The van der Waals surface area contributed by atoms with Crippen molar-refractivity contribution < 1.29 is 9.53 Å². The Morgan fingerprint density at radius 1 is 1.53 bits per heavy atom. The van der Waals surface area contributed by atoms with Crippen molar-refractivity contribution in [3.63, 3.8) is 0 Å². The van der Waals surface area contributed by atoms with Gasteiger partial charge in [0.2, 0.25) is 5.95 Å². The highest BCUT2D eigenvalue weighted by Crippen LogP contribution is 2.16. The Bertz CT molecular complexity index is 629. The summed E-state index contributed by atoms with van der Waals surface area (Å²) < 4.78 is 6.72. The van der Waals surface area contributed by atoms with Gasteiger partial charge in [-0.15, -0.1) is 0 Å². The van der Waals surface area contributed by atoms with E-state index in [9.17, 15) is 4.79 Å². The predicted molar refractivity (Wildman–Crippen MR) is 66.3 cm³/mol. The van der Waals surface area contributed by atoms with Gasteiger partial charge in [-0.3, -0.25) is 10.1 Å². The minimum Gasteiger partial charge on any atom is -0.482 e. The maximum atomic E-state index is 11.6. The SMILES string of the molecule is Cn1ncnc1NC(=O)COc1ccccc1C#N. The molecule has 2 rings (SSSR count). The number of ether oxygens (including phenoxy) is 1. The van der Waals surface area contributed by atoms with Crippen LogP contribution in [-0.4, -0.2) is 27.3 Å². The second kappa shape index (κ2) is 5.64. The number of carbonyl (C=O) groups excluding carboxylic acids is 1. The first-order chi connectivity index (χ1) is 9.20. The normalized spacial score (nSPS) is 9.68. The number of aromatic nitrogens is 3. The number of nitrogens with one attached hydrogen (secondary N) is 1. The molecule has 0 saturated carbocycles. The molecule has 1 amide bonds. The molecule has 96 valence electrons. The molecule has 0 fully saturated rings. The van der Waals surface area contributed by atoms with Gasteiger partial charge in [-0.1, -0.05) is 12.1 Å². The van der Waals surface area contributed by atoms with E-state index in [1.807, 2.05) is 6.07 Å². The van der Waals surface area contributed by atoms with Gasteiger partial charge in [0, 0.05) is 7.05 Å². The molecular formula is C12H11N5O2. The lowest BCUT2D eigenvalue weighted by Crippen LogP contribution is -2.22. The standard InChI is InChI=1S/C12H11N5O2/c1-17-12(14-8-15-17)16-11(18)7-19-10-5-3-2-4-9(10)6-13/h2-5,8H,7H2,1H3,(H,14,15,16,18). The highest BCUT2D eigenvalue weighted by molar-refractivity contribution is 5.90. The Balaban J connectivity index is 1.94. The molecule has 0 unspecified atom stereocenters. The molecular weight excluding hydrogens is 246 g/mol. The molecule has 0 aliphatic carbocycles. The van der Waals surface area contributed by atoms with Gasteiger partial charge in [0.25, 0.3) is 5.91 Å². The molecule has 7 heteroatoms. The summed E-state index contributed by atoms with van der Waals surface area (Å²) >= 11 is 0.